The highest BCUT2D eigenvalue weighted by Crippen LogP contribution is 2.24. The van der Waals surface area contributed by atoms with Crippen LogP contribution in [0.4, 0.5) is 0 Å². The molecule has 0 spiro atoms. The lowest BCUT2D eigenvalue weighted by molar-refractivity contribution is -0.140. The Balaban J connectivity index is 2.00. The Kier molecular flexibility index (Phi) is 7.55. The highest BCUT2D eigenvalue weighted by atomic mass is 16.4. The first-order chi connectivity index (χ1) is 12.9. The molecule has 0 radical (unpaired) electrons. The molecule has 0 aliphatic heterocycles. The summed E-state index contributed by atoms with van der Waals surface area (Å²) in [5.74, 6) is -2.22. The molecule has 7 nitrogen and oxygen atoms in total. The summed E-state index contributed by atoms with van der Waals surface area (Å²) in [5.41, 5.74) is 1.47. The van der Waals surface area contributed by atoms with E-state index in [1.165, 1.54) is 0 Å². The zero-order valence-corrected chi connectivity index (χ0v) is 15.7. The van der Waals surface area contributed by atoms with Crippen LogP contribution in [0.25, 0.3) is 5.69 Å². The van der Waals surface area contributed by atoms with Crippen molar-refractivity contribution in [2.45, 2.75) is 45.1 Å². The van der Waals surface area contributed by atoms with E-state index >= 15 is 0 Å². The maximum atomic E-state index is 11.8. The lowest BCUT2D eigenvalue weighted by atomic mass is 9.99. The highest BCUT2D eigenvalue weighted by Gasteiger charge is 2.24. The second-order valence-electron chi connectivity index (χ2n) is 7.03. The minimum Gasteiger partial charge on any atom is -0.481 e. The number of nitrogens with zero attached hydrogens (tertiary/aromatic N) is 2. The van der Waals surface area contributed by atoms with E-state index in [1.807, 2.05) is 44.2 Å². The van der Waals surface area contributed by atoms with Crippen LogP contribution in [0.15, 0.2) is 42.9 Å². The summed E-state index contributed by atoms with van der Waals surface area (Å²) in [6, 6.07) is 8.86. The topological polar surface area (TPSA) is 104 Å². The quantitative estimate of drug-likeness (QED) is 0.523. The van der Waals surface area contributed by atoms with Crippen molar-refractivity contribution in [2.24, 2.45) is 5.92 Å². The molecular formula is C20H27N3O4. The SMILES string of the molecule is CC(C)CC(NCCCC(C(=O)O)c1cncn1-c1ccccc1)C(=O)O. The maximum Gasteiger partial charge on any atom is 0.320 e. The van der Waals surface area contributed by atoms with Crippen LogP contribution < -0.4 is 5.32 Å². The van der Waals surface area contributed by atoms with Crippen LogP contribution in [0, 0.1) is 5.92 Å². The largest absolute Gasteiger partial charge is 0.481 e. The number of carboxylic acid groups (broad SMARTS) is 2. The first-order valence-electron chi connectivity index (χ1n) is 9.16. The van der Waals surface area contributed by atoms with Gasteiger partial charge in [-0.3, -0.25) is 9.59 Å². The van der Waals surface area contributed by atoms with E-state index < -0.39 is 23.9 Å². The molecule has 7 heteroatoms. The average molecular weight is 373 g/mol. The van der Waals surface area contributed by atoms with Crippen molar-refractivity contribution in [1.29, 1.82) is 0 Å². The fraction of sp³-hybridized carbons (Fsp3) is 0.450. The third-order valence-corrected chi connectivity index (χ3v) is 4.42. The third kappa shape index (κ3) is 5.92. The number of nitrogens with one attached hydrogen (secondary N) is 1. The normalized spacial score (nSPS) is 13.4. The molecule has 0 saturated carbocycles. The number of aromatic nitrogens is 2. The van der Waals surface area contributed by atoms with Crippen molar-refractivity contribution in [2.75, 3.05) is 6.54 Å². The molecule has 2 rings (SSSR count). The van der Waals surface area contributed by atoms with Gasteiger partial charge in [0.25, 0.3) is 0 Å². The number of rotatable bonds is 11. The number of carbonyl (C=O) groups is 2. The van der Waals surface area contributed by atoms with Gasteiger partial charge in [-0.15, -0.1) is 0 Å². The molecule has 0 aliphatic carbocycles. The Morgan fingerprint density at radius 1 is 1.15 bits per heavy atom. The molecule has 2 unspecified atom stereocenters. The number of hydrogen-bond acceptors (Lipinski definition) is 4. The summed E-state index contributed by atoms with van der Waals surface area (Å²) in [4.78, 5) is 27.2. The van der Waals surface area contributed by atoms with Crippen LogP contribution in [-0.2, 0) is 9.59 Å². The molecular weight excluding hydrogens is 346 g/mol. The van der Waals surface area contributed by atoms with Crippen molar-refractivity contribution in [3.63, 3.8) is 0 Å². The van der Waals surface area contributed by atoms with E-state index in [2.05, 4.69) is 10.3 Å². The zero-order valence-electron chi connectivity index (χ0n) is 15.7. The van der Waals surface area contributed by atoms with E-state index in [0.29, 0.717) is 31.5 Å². The standard InChI is InChI=1S/C20H27N3O4/c1-14(2)11-17(20(26)27)22-10-6-9-16(19(24)25)18-12-21-13-23(18)15-7-4-3-5-8-15/h3-5,7-8,12-14,16-17,22H,6,9-11H2,1-2H3,(H,24,25)(H,26,27). The van der Waals surface area contributed by atoms with Crippen molar-refractivity contribution in [1.82, 2.24) is 14.9 Å². The Morgan fingerprint density at radius 2 is 1.85 bits per heavy atom. The smallest absolute Gasteiger partial charge is 0.320 e. The molecule has 0 amide bonds. The van der Waals surface area contributed by atoms with Crippen LogP contribution in [0.2, 0.25) is 0 Å². The van der Waals surface area contributed by atoms with Gasteiger partial charge in [-0.1, -0.05) is 32.0 Å². The first-order valence-corrected chi connectivity index (χ1v) is 9.16. The summed E-state index contributed by atoms with van der Waals surface area (Å²) in [5, 5.41) is 22.0. The molecule has 0 fully saturated rings. The van der Waals surface area contributed by atoms with Crippen molar-refractivity contribution >= 4 is 11.9 Å². The van der Waals surface area contributed by atoms with Gasteiger partial charge < -0.3 is 20.1 Å². The fourth-order valence-electron chi connectivity index (χ4n) is 3.09. The predicted molar refractivity (Wildman–Crippen MR) is 102 cm³/mol. The number of carboxylic acids is 2. The lowest BCUT2D eigenvalue weighted by Crippen LogP contribution is -2.38. The molecule has 1 aromatic heterocycles. The van der Waals surface area contributed by atoms with Gasteiger partial charge >= 0.3 is 11.9 Å². The van der Waals surface area contributed by atoms with Gasteiger partial charge in [0, 0.05) is 11.9 Å². The first kappa shape index (κ1) is 20.6. The number of imidazole rings is 1. The van der Waals surface area contributed by atoms with Crippen LogP contribution in [0.3, 0.4) is 0 Å². The predicted octanol–water partition coefficient (Wildman–Crippen LogP) is 2.91. The molecule has 27 heavy (non-hydrogen) atoms. The van der Waals surface area contributed by atoms with E-state index in [4.69, 9.17) is 0 Å². The highest BCUT2D eigenvalue weighted by molar-refractivity contribution is 5.75. The molecule has 1 aromatic carbocycles. The number of aliphatic carboxylic acids is 2. The molecule has 0 bridgehead atoms. The lowest BCUT2D eigenvalue weighted by Gasteiger charge is -2.18. The van der Waals surface area contributed by atoms with E-state index in [1.54, 1.807) is 17.1 Å². The fourth-order valence-corrected chi connectivity index (χ4v) is 3.09. The molecule has 2 aromatic rings. The molecule has 3 N–H and O–H groups in total. The summed E-state index contributed by atoms with van der Waals surface area (Å²) in [7, 11) is 0. The summed E-state index contributed by atoms with van der Waals surface area (Å²) in [6.07, 6.45) is 4.69. The van der Waals surface area contributed by atoms with Crippen LogP contribution in [0.1, 0.15) is 44.7 Å². The Morgan fingerprint density at radius 3 is 2.44 bits per heavy atom. The molecule has 146 valence electrons. The van der Waals surface area contributed by atoms with E-state index in [9.17, 15) is 19.8 Å². The van der Waals surface area contributed by atoms with Gasteiger partial charge in [-0.05, 0) is 43.9 Å². The Bertz CT molecular complexity index is 743. The third-order valence-electron chi connectivity index (χ3n) is 4.42. The summed E-state index contributed by atoms with van der Waals surface area (Å²) >= 11 is 0. The van der Waals surface area contributed by atoms with Gasteiger partial charge in [0.05, 0.1) is 17.9 Å². The molecule has 0 saturated heterocycles. The molecule has 2 atom stereocenters. The van der Waals surface area contributed by atoms with Crippen molar-refractivity contribution < 1.29 is 19.8 Å². The van der Waals surface area contributed by atoms with Crippen molar-refractivity contribution in [3.8, 4) is 5.69 Å². The van der Waals surface area contributed by atoms with E-state index in [0.717, 1.165) is 5.69 Å². The second-order valence-corrected chi connectivity index (χ2v) is 7.03. The Labute approximate surface area is 159 Å². The van der Waals surface area contributed by atoms with Gasteiger partial charge in [-0.25, -0.2) is 4.98 Å². The molecule has 0 aliphatic rings. The number of hydrogen-bond donors (Lipinski definition) is 3. The Hall–Kier alpha value is -2.67. The van der Waals surface area contributed by atoms with Crippen LogP contribution in [-0.4, -0.2) is 44.3 Å². The van der Waals surface area contributed by atoms with Gasteiger partial charge in [0.2, 0.25) is 0 Å². The molecule has 1 heterocycles. The van der Waals surface area contributed by atoms with Gasteiger partial charge in [-0.2, -0.15) is 0 Å². The average Bonchev–Trinajstić information content (AvgIpc) is 3.09. The van der Waals surface area contributed by atoms with Crippen LogP contribution in [0.5, 0.6) is 0 Å². The van der Waals surface area contributed by atoms with Crippen LogP contribution >= 0.6 is 0 Å². The zero-order chi connectivity index (χ0) is 19.8. The van der Waals surface area contributed by atoms with E-state index in [-0.39, 0.29) is 5.92 Å². The second kappa shape index (κ2) is 9.87. The number of para-hydroxylation sites is 1. The van der Waals surface area contributed by atoms with Gasteiger partial charge in [0.15, 0.2) is 0 Å². The number of benzene rings is 1. The van der Waals surface area contributed by atoms with Gasteiger partial charge in [0.1, 0.15) is 6.04 Å². The summed E-state index contributed by atoms with van der Waals surface area (Å²) in [6.45, 7) is 4.40. The minimum absolute atomic E-state index is 0.269. The summed E-state index contributed by atoms with van der Waals surface area (Å²) < 4.78 is 1.78. The minimum atomic E-state index is -0.912. The maximum absolute atomic E-state index is 11.8. The monoisotopic (exact) mass is 373 g/mol. The van der Waals surface area contributed by atoms with Crippen molar-refractivity contribution in [3.05, 3.63) is 48.5 Å².